The number of hydrogen-bond acceptors (Lipinski definition) is 4. The van der Waals surface area contributed by atoms with Crippen molar-refractivity contribution in [2.75, 3.05) is 25.1 Å². The van der Waals surface area contributed by atoms with E-state index >= 15 is 0 Å². The van der Waals surface area contributed by atoms with E-state index in [0.717, 1.165) is 0 Å². The van der Waals surface area contributed by atoms with Gasteiger partial charge in [-0.15, -0.1) is 0 Å². The molecule has 20 heavy (non-hydrogen) atoms. The van der Waals surface area contributed by atoms with Gasteiger partial charge in [-0.05, 0) is 6.92 Å². The number of aromatic nitrogens is 2. The van der Waals surface area contributed by atoms with E-state index in [4.69, 9.17) is 9.84 Å². The van der Waals surface area contributed by atoms with Gasteiger partial charge in [0.25, 0.3) is 0 Å². The highest BCUT2D eigenvalue weighted by atomic mass is 16.5. The molecular formula is C12H18N4O4. The van der Waals surface area contributed by atoms with E-state index in [-0.39, 0.29) is 19.1 Å². The smallest absolute Gasteiger partial charge is 0.322 e. The summed E-state index contributed by atoms with van der Waals surface area (Å²) in [5.74, 6) is -0.948. The maximum absolute atomic E-state index is 12.3. The number of carboxylic acids is 1. The lowest BCUT2D eigenvalue weighted by molar-refractivity contribution is -0.139. The van der Waals surface area contributed by atoms with Crippen molar-refractivity contribution in [3.63, 3.8) is 0 Å². The zero-order chi connectivity index (χ0) is 14.7. The summed E-state index contributed by atoms with van der Waals surface area (Å²) in [7, 11) is 1.77. The van der Waals surface area contributed by atoms with Crippen molar-refractivity contribution in [3.05, 3.63) is 11.9 Å². The second-order valence-electron chi connectivity index (χ2n) is 4.75. The molecule has 110 valence electrons. The van der Waals surface area contributed by atoms with Gasteiger partial charge in [-0.2, -0.15) is 5.10 Å². The van der Waals surface area contributed by atoms with Crippen LogP contribution in [0, 0.1) is 6.92 Å². The van der Waals surface area contributed by atoms with Gasteiger partial charge in [0.15, 0.2) is 0 Å². The molecule has 2 amide bonds. The number of nitrogens with one attached hydrogen (secondary N) is 1. The van der Waals surface area contributed by atoms with Gasteiger partial charge >= 0.3 is 12.0 Å². The van der Waals surface area contributed by atoms with Crippen molar-refractivity contribution in [1.29, 1.82) is 0 Å². The summed E-state index contributed by atoms with van der Waals surface area (Å²) < 4.78 is 6.85. The molecule has 1 unspecified atom stereocenters. The van der Waals surface area contributed by atoms with Crippen molar-refractivity contribution < 1.29 is 19.4 Å². The van der Waals surface area contributed by atoms with Gasteiger partial charge in [0.2, 0.25) is 0 Å². The Balaban J connectivity index is 2.05. The van der Waals surface area contributed by atoms with Gasteiger partial charge in [0, 0.05) is 19.8 Å². The number of aliphatic carboxylic acids is 1. The van der Waals surface area contributed by atoms with Crippen LogP contribution in [0.2, 0.25) is 0 Å². The van der Waals surface area contributed by atoms with Gasteiger partial charge in [-0.1, -0.05) is 0 Å². The molecule has 1 aliphatic rings. The van der Waals surface area contributed by atoms with Gasteiger partial charge in [-0.3, -0.25) is 9.48 Å². The first-order valence-electron chi connectivity index (χ1n) is 6.34. The van der Waals surface area contributed by atoms with E-state index in [1.165, 1.54) is 4.90 Å². The van der Waals surface area contributed by atoms with Crippen LogP contribution in [-0.4, -0.2) is 57.6 Å². The Morgan fingerprint density at radius 3 is 2.95 bits per heavy atom. The van der Waals surface area contributed by atoms with Crippen LogP contribution in [0.1, 0.15) is 12.1 Å². The predicted molar refractivity (Wildman–Crippen MR) is 70.5 cm³/mol. The largest absolute Gasteiger partial charge is 0.481 e. The molecule has 1 saturated heterocycles. The number of carbonyl (C=O) groups excluding carboxylic acids is 1. The van der Waals surface area contributed by atoms with Crippen molar-refractivity contribution in [2.24, 2.45) is 7.05 Å². The molecule has 2 heterocycles. The number of carbonyl (C=O) groups is 2. The SMILES string of the molecule is Cc1nn(C)cc1NC(=O)N1CCOCC1CC(=O)O. The molecular weight excluding hydrogens is 264 g/mol. The molecule has 2 rings (SSSR count). The van der Waals surface area contributed by atoms with E-state index < -0.39 is 12.0 Å². The lowest BCUT2D eigenvalue weighted by Crippen LogP contribution is -2.51. The second-order valence-corrected chi connectivity index (χ2v) is 4.75. The first-order valence-corrected chi connectivity index (χ1v) is 6.34. The van der Waals surface area contributed by atoms with E-state index in [2.05, 4.69) is 10.4 Å². The highest BCUT2D eigenvalue weighted by Crippen LogP contribution is 2.16. The summed E-state index contributed by atoms with van der Waals surface area (Å²) in [6.07, 6.45) is 1.58. The standard InChI is InChI=1S/C12H18N4O4/c1-8-10(6-15(2)14-8)13-12(19)16-3-4-20-7-9(16)5-11(17)18/h6,9H,3-5,7H2,1-2H3,(H,13,19)(H,17,18). The molecule has 8 nitrogen and oxygen atoms in total. The van der Waals surface area contributed by atoms with Gasteiger partial charge in [0.1, 0.15) is 0 Å². The molecule has 2 N–H and O–H groups in total. The topological polar surface area (TPSA) is 96.7 Å². The molecule has 1 fully saturated rings. The molecule has 0 saturated carbocycles. The van der Waals surface area contributed by atoms with Gasteiger partial charge in [-0.25, -0.2) is 4.79 Å². The molecule has 0 aliphatic carbocycles. The minimum absolute atomic E-state index is 0.126. The first kappa shape index (κ1) is 14.3. The maximum atomic E-state index is 12.3. The third kappa shape index (κ3) is 3.27. The number of carboxylic acid groups (broad SMARTS) is 1. The number of amides is 2. The monoisotopic (exact) mass is 282 g/mol. The average molecular weight is 282 g/mol. The number of ether oxygens (including phenoxy) is 1. The number of urea groups is 1. The van der Waals surface area contributed by atoms with Crippen LogP contribution in [0.5, 0.6) is 0 Å². The van der Waals surface area contributed by atoms with Crippen molar-refractivity contribution in [3.8, 4) is 0 Å². The number of anilines is 1. The number of rotatable bonds is 3. The minimum atomic E-state index is -0.948. The number of nitrogens with zero attached hydrogens (tertiary/aromatic N) is 3. The van der Waals surface area contributed by atoms with Crippen LogP contribution in [-0.2, 0) is 16.6 Å². The Morgan fingerprint density at radius 2 is 2.35 bits per heavy atom. The van der Waals surface area contributed by atoms with Crippen LogP contribution in [0.15, 0.2) is 6.20 Å². The van der Waals surface area contributed by atoms with E-state index in [0.29, 0.717) is 24.5 Å². The van der Waals surface area contributed by atoms with Crippen LogP contribution in [0.4, 0.5) is 10.5 Å². The Morgan fingerprint density at radius 1 is 1.60 bits per heavy atom. The lowest BCUT2D eigenvalue weighted by atomic mass is 10.1. The third-order valence-electron chi connectivity index (χ3n) is 3.15. The number of aryl methyl sites for hydroxylation is 2. The Labute approximate surface area is 116 Å². The molecule has 1 atom stereocenters. The molecule has 1 aromatic rings. The minimum Gasteiger partial charge on any atom is -0.481 e. The Kier molecular flexibility index (Phi) is 4.23. The second kappa shape index (κ2) is 5.91. The predicted octanol–water partition coefficient (Wildman–Crippen LogP) is 0.436. The molecule has 0 bridgehead atoms. The highest BCUT2D eigenvalue weighted by molar-refractivity contribution is 5.90. The van der Waals surface area contributed by atoms with Crippen molar-refractivity contribution in [2.45, 2.75) is 19.4 Å². The Hall–Kier alpha value is -2.09. The molecule has 8 heteroatoms. The molecule has 0 aromatic carbocycles. The van der Waals surface area contributed by atoms with Crippen molar-refractivity contribution >= 4 is 17.7 Å². The van der Waals surface area contributed by atoms with Crippen LogP contribution in [0.25, 0.3) is 0 Å². The van der Waals surface area contributed by atoms with Crippen LogP contribution < -0.4 is 5.32 Å². The van der Waals surface area contributed by atoms with Crippen LogP contribution in [0.3, 0.4) is 0 Å². The van der Waals surface area contributed by atoms with E-state index in [1.807, 2.05) is 0 Å². The zero-order valence-electron chi connectivity index (χ0n) is 11.5. The fraction of sp³-hybridized carbons (Fsp3) is 0.583. The number of morpholine rings is 1. The van der Waals surface area contributed by atoms with E-state index in [1.54, 1.807) is 24.9 Å². The first-order chi connectivity index (χ1) is 9.47. The van der Waals surface area contributed by atoms with Crippen LogP contribution >= 0.6 is 0 Å². The molecule has 0 radical (unpaired) electrons. The lowest BCUT2D eigenvalue weighted by Gasteiger charge is -2.34. The fourth-order valence-corrected chi connectivity index (χ4v) is 2.20. The summed E-state index contributed by atoms with van der Waals surface area (Å²) >= 11 is 0. The molecule has 1 aliphatic heterocycles. The zero-order valence-corrected chi connectivity index (χ0v) is 11.5. The van der Waals surface area contributed by atoms with Gasteiger partial charge in [0.05, 0.1) is 37.1 Å². The van der Waals surface area contributed by atoms with Gasteiger partial charge < -0.3 is 20.1 Å². The number of hydrogen-bond donors (Lipinski definition) is 2. The maximum Gasteiger partial charge on any atom is 0.322 e. The summed E-state index contributed by atoms with van der Waals surface area (Å²) in [5, 5.41) is 15.8. The summed E-state index contributed by atoms with van der Waals surface area (Å²) in [4.78, 5) is 24.6. The van der Waals surface area contributed by atoms with Crippen molar-refractivity contribution in [1.82, 2.24) is 14.7 Å². The fourth-order valence-electron chi connectivity index (χ4n) is 2.20. The molecule has 0 spiro atoms. The summed E-state index contributed by atoms with van der Waals surface area (Å²) in [6, 6.07) is -0.770. The average Bonchev–Trinajstić information content (AvgIpc) is 2.67. The summed E-state index contributed by atoms with van der Waals surface area (Å²) in [6.45, 7) is 2.83. The third-order valence-corrected chi connectivity index (χ3v) is 3.15. The highest BCUT2D eigenvalue weighted by Gasteiger charge is 2.29. The summed E-state index contributed by atoms with van der Waals surface area (Å²) in [5.41, 5.74) is 1.34. The Bertz CT molecular complexity index is 514. The molecule has 1 aromatic heterocycles. The normalized spacial score (nSPS) is 18.9. The van der Waals surface area contributed by atoms with E-state index in [9.17, 15) is 9.59 Å². The quantitative estimate of drug-likeness (QED) is 0.838.